The van der Waals surface area contributed by atoms with E-state index in [1.54, 1.807) is 0 Å². The highest BCUT2D eigenvalue weighted by atomic mass is 35.5. The molecule has 0 spiro atoms. The van der Waals surface area contributed by atoms with E-state index in [9.17, 15) is 22.8 Å². The SMILES string of the molecule is CN(C)C1CCN(c2c(Cl)cc(C(F)(F)F)cc2C=C2SC(=O)NC2=O)C1. The summed E-state index contributed by atoms with van der Waals surface area (Å²) in [5.41, 5.74) is -0.294. The molecule has 2 aliphatic heterocycles. The summed E-state index contributed by atoms with van der Waals surface area (Å²) in [7, 11) is 3.88. The van der Waals surface area contributed by atoms with Crippen LogP contribution in [0, 0.1) is 0 Å². The highest BCUT2D eigenvalue weighted by Gasteiger charge is 2.34. The molecule has 1 aromatic carbocycles. The number of benzene rings is 1. The number of rotatable bonds is 3. The lowest BCUT2D eigenvalue weighted by Gasteiger charge is -2.25. The van der Waals surface area contributed by atoms with E-state index in [0.717, 1.165) is 18.6 Å². The van der Waals surface area contributed by atoms with Gasteiger partial charge >= 0.3 is 6.18 Å². The minimum Gasteiger partial charge on any atom is -0.368 e. The zero-order valence-electron chi connectivity index (χ0n) is 14.6. The molecular weight excluding hydrogens is 403 g/mol. The summed E-state index contributed by atoms with van der Waals surface area (Å²) < 4.78 is 39.7. The Hall–Kier alpha value is -1.71. The number of nitrogens with one attached hydrogen (secondary N) is 1. The van der Waals surface area contributed by atoms with Crippen LogP contribution in [-0.4, -0.2) is 49.3 Å². The largest absolute Gasteiger partial charge is 0.416 e. The molecule has 3 rings (SSSR count). The van der Waals surface area contributed by atoms with Crippen molar-refractivity contribution in [2.75, 3.05) is 32.1 Å². The maximum absolute atomic E-state index is 13.2. The van der Waals surface area contributed by atoms with Crippen LogP contribution in [0.3, 0.4) is 0 Å². The number of hydrogen-bond donors (Lipinski definition) is 1. The Morgan fingerprint density at radius 2 is 2.04 bits per heavy atom. The first-order valence-corrected chi connectivity index (χ1v) is 9.32. The molecule has 27 heavy (non-hydrogen) atoms. The Balaban J connectivity index is 2.08. The number of amides is 2. The molecule has 5 nitrogen and oxygen atoms in total. The van der Waals surface area contributed by atoms with E-state index in [4.69, 9.17) is 11.6 Å². The molecule has 2 aliphatic rings. The highest BCUT2D eigenvalue weighted by Crippen LogP contribution is 2.41. The van der Waals surface area contributed by atoms with Crippen LogP contribution in [0.4, 0.5) is 23.7 Å². The van der Waals surface area contributed by atoms with Gasteiger partial charge in [-0.15, -0.1) is 0 Å². The van der Waals surface area contributed by atoms with Crippen LogP contribution in [0.2, 0.25) is 5.02 Å². The van der Waals surface area contributed by atoms with Gasteiger partial charge in [0.1, 0.15) is 0 Å². The van der Waals surface area contributed by atoms with E-state index in [1.165, 1.54) is 6.08 Å². The normalized spacial score (nSPS) is 22.3. The van der Waals surface area contributed by atoms with E-state index < -0.39 is 22.9 Å². The van der Waals surface area contributed by atoms with Crippen LogP contribution in [-0.2, 0) is 11.0 Å². The quantitative estimate of drug-likeness (QED) is 0.755. The lowest BCUT2D eigenvalue weighted by atomic mass is 10.1. The van der Waals surface area contributed by atoms with Crippen LogP contribution in [0.15, 0.2) is 17.0 Å². The van der Waals surface area contributed by atoms with Crippen LogP contribution >= 0.6 is 23.4 Å². The fourth-order valence-electron chi connectivity index (χ4n) is 3.16. The van der Waals surface area contributed by atoms with Crippen molar-refractivity contribution < 1.29 is 22.8 Å². The van der Waals surface area contributed by atoms with Crippen molar-refractivity contribution in [1.29, 1.82) is 0 Å². The third kappa shape index (κ3) is 4.25. The first-order chi connectivity index (χ1) is 12.6. The Morgan fingerprint density at radius 3 is 2.56 bits per heavy atom. The van der Waals surface area contributed by atoms with Gasteiger partial charge in [0, 0.05) is 24.7 Å². The number of halogens is 4. The minimum absolute atomic E-state index is 0.0363. The molecule has 1 aromatic rings. The van der Waals surface area contributed by atoms with Crippen molar-refractivity contribution in [2.24, 2.45) is 0 Å². The predicted molar refractivity (Wildman–Crippen MR) is 99.9 cm³/mol. The summed E-state index contributed by atoms with van der Waals surface area (Å²) in [6.45, 7) is 1.23. The number of alkyl halides is 3. The fourth-order valence-corrected chi connectivity index (χ4v) is 4.18. The Kier molecular flexibility index (Phi) is 5.47. The first-order valence-electron chi connectivity index (χ1n) is 8.13. The van der Waals surface area contributed by atoms with E-state index >= 15 is 0 Å². The lowest BCUT2D eigenvalue weighted by molar-refractivity contribution is -0.137. The second-order valence-corrected chi connectivity index (χ2v) is 8.02. The van der Waals surface area contributed by atoms with Crippen molar-refractivity contribution in [3.63, 3.8) is 0 Å². The second kappa shape index (κ2) is 7.37. The molecule has 0 radical (unpaired) electrons. The van der Waals surface area contributed by atoms with Crippen LogP contribution < -0.4 is 10.2 Å². The Labute approximate surface area is 163 Å². The first kappa shape index (κ1) is 20.0. The van der Waals surface area contributed by atoms with Gasteiger partial charge in [-0.2, -0.15) is 13.2 Å². The molecule has 0 saturated carbocycles. The average Bonchev–Trinajstić information content (AvgIpc) is 3.13. The summed E-state index contributed by atoms with van der Waals surface area (Å²) in [6.07, 6.45) is -2.44. The summed E-state index contributed by atoms with van der Waals surface area (Å²) in [5, 5.41) is 1.51. The number of anilines is 1. The van der Waals surface area contributed by atoms with Crippen molar-refractivity contribution in [3.05, 3.63) is 33.2 Å². The van der Waals surface area contributed by atoms with Crippen molar-refractivity contribution in [2.45, 2.75) is 18.6 Å². The van der Waals surface area contributed by atoms with E-state index in [0.29, 0.717) is 30.5 Å². The van der Waals surface area contributed by atoms with Crippen LogP contribution in [0.1, 0.15) is 17.5 Å². The van der Waals surface area contributed by atoms with Gasteiger partial charge in [0.2, 0.25) is 0 Å². The molecule has 2 saturated heterocycles. The van der Waals surface area contributed by atoms with Crippen molar-refractivity contribution in [3.8, 4) is 0 Å². The fraction of sp³-hybridized carbons (Fsp3) is 0.412. The monoisotopic (exact) mass is 419 g/mol. The number of carbonyl (C=O) groups is 2. The minimum atomic E-state index is -4.58. The third-order valence-electron chi connectivity index (χ3n) is 4.56. The number of hydrogen-bond acceptors (Lipinski definition) is 5. The maximum atomic E-state index is 13.2. The number of thioether (sulfide) groups is 1. The Bertz CT molecular complexity index is 826. The maximum Gasteiger partial charge on any atom is 0.416 e. The molecule has 10 heteroatoms. The van der Waals surface area contributed by atoms with Gasteiger partial charge < -0.3 is 9.80 Å². The van der Waals surface area contributed by atoms with Gasteiger partial charge in [0.15, 0.2) is 0 Å². The second-order valence-electron chi connectivity index (χ2n) is 6.60. The van der Waals surface area contributed by atoms with Crippen LogP contribution in [0.25, 0.3) is 6.08 Å². The lowest BCUT2D eigenvalue weighted by Crippen LogP contribution is -2.31. The molecule has 2 heterocycles. The molecule has 0 bridgehead atoms. The molecule has 1 atom stereocenters. The standard InChI is InChI=1S/C17H17ClF3N3O2S/c1-23(2)11-3-4-24(8-11)14-9(6-13-15(25)22-16(26)27-13)5-10(7-12(14)18)17(19,20)21/h5-7,11H,3-4,8H2,1-2H3,(H,22,25,26). The summed E-state index contributed by atoms with van der Waals surface area (Å²) in [6, 6.07) is 2.11. The molecule has 1 unspecified atom stereocenters. The van der Waals surface area contributed by atoms with Gasteiger partial charge in [-0.1, -0.05) is 11.6 Å². The molecule has 146 valence electrons. The molecule has 2 fully saturated rings. The average molecular weight is 420 g/mol. The molecule has 1 N–H and O–H groups in total. The third-order valence-corrected chi connectivity index (χ3v) is 5.66. The molecule has 0 aliphatic carbocycles. The highest BCUT2D eigenvalue weighted by molar-refractivity contribution is 8.18. The zero-order chi connectivity index (χ0) is 19.9. The van der Waals surface area contributed by atoms with Gasteiger partial charge in [-0.3, -0.25) is 14.9 Å². The Morgan fingerprint density at radius 1 is 1.33 bits per heavy atom. The molecular formula is C17H17ClF3N3O2S. The number of nitrogens with zero attached hydrogens (tertiary/aromatic N) is 2. The van der Waals surface area contributed by atoms with Crippen molar-refractivity contribution in [1.82, 2.24) is 10.2 Å². The van der Waals surface area contributed by atoms with Gasteiger partial charge in [-0.05, 0) is 50.5 Å². The van der Waals surface area contributed by atoms with Gasteiger partial charge in [-0.25, -0.2) is 0 Å². The predicted octanol–water partition coefficient (Wildman–Crippen LogP) is 3.82. The topological polar surface area (TPSA) is 52.6 Å². The molecule has 0 aromatic heterocycles. The number of carbonyl (C=O) groups excluding carboxylic acids is 2. The van der Waals surface area contributed by atoms with Crippen molar-refractivity contribution >= 4 is 46.3 Å². The van der Waals surface area contributed by atoms with E-state index in [1.807, 2.05) is 19.0 Å². The number of likely N-dealkylation sites (N-methyl/N-ethyl adjacent to an activating group) is 1. The summed E-state index contributed by atoms with van der Waals surface area (Å²) in [5.74, 6) is -0.628. The van der Waals surface area contributed by atoms with Gasteiger partial charge in [0.25, 0.3) is 11.1 Å². The van der Waals surface area contributed by atoms with E-state index in [-0.39, 0.29) is 21.5 Å². The van der Waals surface area contributed by atoms with Crippen LogP contribution in [0.5, 0.6) is 0 Å². The molecule has 2 amide bonds. The summed E-state index contributed by atoms with van der Waals surface area (Å²) in [4.78, 5) is 27.2. The summed E-state index contributed by atoms with van der Waals surface area (Å²) >= 11 is 6.89. The number of imide groups is 1. The zero-order valence-corrected chi connectivity index (χ0v) is 16.1. The van der Waals surface area contributed by atoms with E-state index in [2.05, 4.69) is 10.2 Å². The van der Waals surface area contributed by atoms with Gasteiger partial charge in [0.05, 0.1) is 21.2 Å². The smallest absolute Gasteiger partial charge is 0.368 e.